The predicted octanol–water partition coefficient (Wildman–Crippen LogP) is 4.15. The van der Waals surface area contributed by atoms with Crippen molar-refractivity contribution in [3.63, 3.8) is 0 Å². The van der Waals surface area contributed by atoms with Crippen LogP contribution in [0.2, 0.25) is 5.02 Å². The van der Waals surface area contributed by atoms with Crippen LogP contribution in [0.1, 0.15) is 5.56 Å². The molecule has 6 heteroatoms. The van der Waals surface area contributed by atoms with Crippen LogP contribution in [-0.2, 0) is 4.79 Å². The van der Waals surface area contributed by atoms with Gasteiger partial charge in [0, 0.05) is 17.7 Å². The van der Waals surface area contributed by atoms with E-state index in [1.54, 1.807) is 24.3 Å². The molecule has 0 unspecified atom stereocenters. The zero-order chi connectivity index (χ0) is 16.8. The van der Waals surface area contributed by atoms with Crippen molar-refractivity contribution < 1.29 is 18.7 Å². The Hall–Kier alpha value is -2.53. The van der Waals surface area contributed by atoms with Crippen LogP contribution >= 0.6 is 11.6 Å². The van der Waals surface area contributed by atoms with Crippen LogP contribution < -0.4 is 14.8 Å². The molecule has 2 aromatic carbocycles. The Morgan fingerprint density at radius 3 is 2.65 bits per heavy atom. The van der Waals surface area contributed by atoms with Gasteiger partial charge in [-0.1, -0.05) is 17.7 Å². The Labute approximate surface area is 138 Å². The first-order chi connectivity index (χ1) is 11.0. The van der Waals surface area contributed by atoms with Gasteiger partial charge in [-0.3, -0.25) is 4.79 Å². The van der Waals surface area contributed by atoms with Gasteiger partial charge in [-0.15, -0.1) is 0 Å². The molecule has 2 rings (SSSR count). The van der Waals surface area contributed by atoms with Crippen LogP contribution in [0.25, 0.3) is 6.08 Å². The number of benzene rings is 2. The molecule has 0 bridgehead atoms. The Balaban J connectivity index is 2.15. The van der Waals surface area contributed by atoms with Crippen LogP contribution in [0.4, 0.5) is 10.1 Å². The zero-order valence-corrected chi connectivity index (χ0v) is 13.4. The second kappa shape index (κ2) is 7.65. The van der Waals surface area contributed by atoms with Gasteiger partial charge in [0.25, 0.3) is 0 Å². The maximum absolute atomic E-state index is 13.6. The molecular weight excluding hydrogens is 321 g/mol. The molecule has 120 valence electrons. The van der Waals surface area contributed by atoms with Crippen molar-refractivity contribution in [3.05, 3.63) is 58.9 Å². The number of rotatable bonds is 5. The summed E-state index contributed by atoms with van der Waals surface area (Å²) in [7, 11) is 3.02. The van der Waals surface area contributed by atoms with Gasteiger partial charge in [0.15, 0.2) is 0 Å². The molecule has 0 atom stereocenters. The van der Waals surface area contributed by atoms with E-state index in [2.05, 4.69) is 5.32 Å². The molecule has 23 heavy (non-hydrogen) atoms. The highest BCUT2D eigenvalue weighted by Gasteiger charge is 2.08. The van der Waals surface area contributed by atoms with Crippen molar-refractivity contribution in [3.8, 4) is 11.5 Å². The summed E-state index contributed by atoms with van der Waals surface area (Å²) < 4.78 is 23.9. The molecule has 0 saturated heterocycles. The number of carbonyl (C=O) groups is 1. The summed E-state index contributed by atoms with van der Waals surface area (Å²) in [6.45, 7) is 0. The SMILES string of the molecule is COc1ccc(NC(=O)/C=C/c2c(F)cccc2Cl)c(OC)c1. The van der Waals surface area contributed by atoms with Crippen molar-refractivity contribution in [2.24, 2.45) is 0 Å². The zero-order valence-electron chi connectivity index (χ0n) is 12.6. The molecule has 0 spiro atoms. The summed E-state index contributed by atoms with van der Waals surface area (Å²) in [6, 6.07) is 9.31. The number of ether oxygens (including phenoxy) is 2. The van der Waals surface area contributed by atoms with Crippen molar-refractivity contribution >= 4 is 29.3 Å². The van der Waals surface area contributed by atoms with Crippen LogP contribution in [0.15, 0.2) is 42.5 Å². The first-order valence-corrected chi connectivity index (χ1v) is 7.08. The molecule has 1 amide bonds. The van der Waals surface area contributed by atoms with Crippen molar-refractivity contribution in [1.82, 2.24) is 0 Å². The van der Waals surface area contributed by atoms with Crippen LogP contribution in [0.3, 0.4) is 0 Å². The summed E-state index contributed by atoms with van der Waals surface area (Å²) in [6.07, 6.45) is 2.52. The average molecular weight is 336 g/mol. The largest absolute Gasteiger partial charge is 0.497 e. The van der Waals surface area contributed by atoms with Gasteiger partial charge >= 0.3 is 0 Å². The average Bonchev–Trinajstić information content (AvgIpc) is 2.54. The lowest BCUT2D eigenvalue weighted by Crippen LogP contribution is -2.09. The number of methoxy groups -OCH3 is 2. The van der Waals surface area contributed by atoms with Gasteiger partial charge in [-0.2, -0.15) is 0 Å². The number of hydrogen-bond donors (Lipinski definition) is 1. The highest BCUT2D eigenvalue weighted by molar-refractivity contribution is 6.32. The molecule has 1 N–H and O–H groups in total. The number of halogens is 2. The van der Waals surface area contributed by atoms with E-state index in [9.17, 15) is 9.18 Å². The van der Waals surface area contributed by atoms with Crippen molar-refractivity contribution in [2.75, 3.05) is 19.5 Å². The van der Waals surface area contributed by atoms with Gasteiger partial charge in [-0.25, -0.2) is 4.39 Å². The minimum absolute atomic E-state index is 0.158. The third kappa shape index (κ3) is 4.23. The maximum atomic E-state index is 13.6. The fourth-order valence-corrected chi connectivity index (χ4v) is 2.13. The summed E-state index contributed by atoms with van der Waals surface area (Å²) >= 11 is 5.90. The number of amides is 1. The smallest absolute Gasteiger partial charge is 0.248 e. The summed E-state index contributed by atoms with van der Waals surface area (Å²) in [4.78, 5) is 12.0. The topological polar surface area (TPSA) is 47.6 Å². The number of hydrogen-bond acceptors (Lipinski definition) is 3. The molecule has 0 aromatic heterocycles. The normalized spacial score (nSPS) is 10.6. The molecule has 0 aliphatic heterocycles. The van der Waals surface area contributed by atoms with E-state index >= 15 is 0 Å². The molecule has 0 radical (unpaired) electrons. The molecule has 0 aliphatic carbocycles. The van der Waals surface area contributed by atoms with E-state index in [1.165, 1.54) is 38.5 Å². The molecule has 0 aliphatic rings. The molecule has 0 saturated carbocycles. The third-order valence-corrected chi connectivity index (χ3v) is 3.40. The van der Waals surface area contributed by atoms with E-state index < -0.39 is 11.7 Å². The van der Waals surface area contributed by atoms with Crippen LogP contribution in [0.5, 0.6) is 11.5 Å². The minimum atomic E-state index is -0.497. The summed E-state index contributed by atoms with van der Waals surface area (Å²) in [5.74, 6) is 0.125. The van der Waals surface area contributed by atoms with Crippen LogP contribution in [0, 0.1) is 5.82 Å². The maximum Gasteiger partial charge on any atom is 0.248 e. The lowest BCUT2D eigenvalue weighted by Gasteiger charge is -2.10. The number of nitrogens with one attached hydrogen (secondary N) is 1. The molecule has 0 heterocycles. The van der Waals surface area contributed by atoms with Gasteiger partial charge in [0.1, 0.15) is 17.3 Å². The first kappa shape index (κ1) is 16.8. The summed E-state index contributed by atoms with van der Waals surface area (Å²) in [5, 5.41) is 2.88. The molecule has 4 nitrogen and oxygen atoms in total. The summed E-state index contributed by atoms with van der Waals surface area (Å²) in [5.41, 5.74) is 0.633. The minimum Gasteiger partial charge on any atom is -0.497 e. The monoisotopic (exact) mass is 335 g/mol. The van der Waals surface area contributed by atoms with Crippen molar-refractivity contribution in [1.29, 1.82) is 0 Å². The number of anilines is 1. The third-order valence-electron chi connectivity index (χ3n) is 3.07. The highest BCUT2D eigenvalue weighted by Crippen LogP contribution is 2.29. The van der Waals surface area contributed by atoms with E-state index in [0.717, 1.165) is 0 Å². The Kier molecular flexibility index (Phi) is 5.60. The lowest BCUT2D eigenvalue weighted by atomic mass is 10.2. The predicted molar refractivity (Wildman–Crippen MR) is 88.6 cm³/mol. The van der Waals surface area contributed by atoms with E-state index in [4.69, 9.17) is 21.1 Å². The molecule has 2 aromatic rings. The van der Waals surface area contributed by atoms with E-state index in [-0.39, 0.29) is 10.6 Å². The second-order valence-electron chi connectivity index (χ2n) is 4.52. The Morgan fingerprint density at radius 1 is 1.22 bits per heavy atom. The first-order valence-electron chi connectivity index (χ1n) is 6.70. The Morgan fingerprint density at radius 2 is 2.00 bits per heavy atom. The van der Waals surface area contributed by atoms with Gasteiger partial charge in [0.05, 0.1) is 24.9 Å². The van der Waals surface area contributed by atoms with E-state index in [0.29, 0.717) is 17.2 Å². The fraction of sp³-hybridized carbons (Fsp3) is 0.118. The van der Waals surface area contributed by atoms with Crippen molar-refractivity contribution in [2.45, 2.75) is 0 Å². The second-order valence-corrected chi connectivity index (χ2v) is 4.93. The number of carbonyl (C=O) groups excluding carboxylic acids is 1. The van der Waals surface area contributed by atoms with Gasteiger partial charge < -0.3 is 14.8 Å². The fourth-order valence-electron chi connectivity index (χ4n) is 1.91. The van der Waals surface area contributed by atoms with Crippen LogP contribution in [-0.4, -0.2) is 20.1 Å². The quantitative estimate of drug-likeness (QED) is 0.835. The molecule has 0 fully saturated rings. The van der Waals surface area contributed by atoms with Gasteiger partial charge in [-0.05, 0) is 30.3 Å². The van der Waals surface area contributed by atoms with Gasteiger partial charge in [0.2, 0.25) is 5.91 Å². The standard InChI is InChI=1S/C17H15ClFNO3/c1-22-11-6-8-15(16(10-11)23-2)20-17(21)9-7-12-13(18)4-3-5-14(12)19/h3-10H,1-2H3,(H,20,21)/b9-7+. The van der Waals surface area contributed by atoms with E-state index in [1.807, 2.05) is 0 Å². The molecular formula is C17H15ClFNO3. The highest BCUT2D eigenvalue weighted by atomic mass is 35.5. The Bertz CT molecular complexity index is 726. The lowest BCUT2D eigenvalue weighted by molar-refractivity contribution is -0.111.